The lowest BCUT2D eigenvalue weighted by atomic mass is 9.77. The van der Waals surface area contributed by atoms with Crippen LogP contribution < -0.4 is 4.57 Å². The van der Waals surface area contributed by atoms with Crippen LogP contribution >= 0.6 is 0 Å². The van der Waals surface area contributed by atoms with E-state index in [9.17, 15) is 22.4 Å². The van der Waals surface area contributed by atoms with E-state index in [1.165, 1.54) is 55.9 Å². The number of halogens is 4. The predicted octanol–water partition coefficient (Wildman–Crippen LogP) is 6.85. The standard InChI is InChI=1S/C30H28NO.BF4/c32-20-8-19-31-29-24-13-6-4-9-21(24)15-17-26(29)28(23-11-2-1-3-12-23)27-18-16-22-10-5-7-14-25(22)30(27)31;2-1(3,4)5/h1-7,9-14,32H,8,15-20H2;/q+1;-1. The van der Waals surface area contributed by atoms with Crippen LogP contribution in [0.5, 0.6) is 0 Å². The Balaban J connectivity index is 0.000000514. The summed E-state index contributed by atoms with van der Waals surface area (Å²) in [6.45, 7) is 1.04. The summed E-state index contributed by atoms with van der Waals surface area (Å²) in [7, 11) is -6.00. The highest BCUT2D eigenvalue weighted by atomic mass is 19.5. The van der Waals surface area contributed by atoms with Gasteiger partial charge in [-0.1, -0.05) is 66.7 Å². The first-order valence-electron chi connectivity index (χ1n) is 12.7. The number of nitrogens with zero attached hydrogens (tertiary/aromatic N) is 1. The molecule has 2 aliphatic rings. The summed E-state index contributed by atoms with van der Waals surface area (Å²) < 4.78 is 41.5. The van der Waals surface area contributed by atoms with Crippen molar-refractivity contribution in [3.63, 3.8) is 0 Å². The number of aliphatic hydroxyl groups is 1. The summed E-state index contributed by atoms with van der Waals surface area (Å²) in [5, 5.41) is 9.75. The summed E-state index contributed by atoms with van der Waals surface area (Å²) in [6, 6.07) is 28.8. The van der Waals surface area contributed by atoms with Gasteiger partial charge in [-0.2, -0.15) is 4.57 Å². The van der Waals surface area contributed by atoms with Crippen molar-refractivity contribution in [3.05, 3.63) is 101 Å². The molecule has 2 nitrogen and oxygen atoms in total. The lowest BCUT2D eigenvalue weighted by molar-refractivity contribution is -0.676. The minimum atomic E-state index is -6.00. The van der Waals surface area contributed by atoms with Gasteiger partial charge in [0.15, 0.2) is 6.54 Å². The van der Waals surface area contributed by atoms with E-state index in [4.69, 9.17) is 0 Å². The van der Waals surface area contributed by atoms with Crippen molar-refractivity contribution in [2.75, 3.05) is 6.61 Å². The lowest BCUT2D eigenvalue weighted by Crippen LogP contribution is -2.43. The zero-order valence-corrected chi connectivity index (χ0v) is 20.4. The number of aromatic nitrogens is 1. The first-order chi connectivity index (χ1) is 17.9. The molecule has 4 aromatic rings. The maximum Gasteiger partial charge on any atom is 0.673 e. The highest BCUT2D eigenvalue weighted by molar-refractivity contribution is 6.50. The summed E-state index contributed by atoms with van der Waals surface area (Å²) >= 11 is 0. The monoisotopic (exact) mass is 505 g/mol. The maximum atomic E-state index is 9.75. The normalized spacial score (nSPS) is 13.4. The number of fused-ring (bicyclic) bond motifs is 6. The van der Waals surface area contributed by atoms with Gasteiger partial charge in [-0.05, 0) is 54.5 Å². The van der Waals surface area contributed by atoms with Crippen LogP contribution in [0.25, 0.3) is 33.6 Å². The number of aliphatic hydroxyl groups excluding tert-OH is 1. The molecule has 0 bridgehead atoms. The summed E-state index contributed by atoms with van der Waals surface area (Å²) in [4.78, 5) is 0. The fourth-order valence-corrected chi connectivity index (χ4v) is 5.82. The van der Waals surface area contributed by atoms with Gasteiger partial charge in [0.2, 0.25) is 11.4 Å². The average molecular weight is 505 g/mol. The quantitative estimate of drug-likeness (QED) is 0.183. The molecule has 0 saturated heterocycles. The molecule has 0 saturated carbocycles. The third kappa shape index (κ3) is 5.19. The van der Waals surface area contributed by atoms with Gasteiger partial charge in [0, 0.05) is 40.8 Å². The lowest BCUT2D eigenvalue weighted by Gasteiger charge is -2.28. The maximum absolute atomic E-state index is 9.75. The number of pyridine rings is 1. The van der Waals surface area contributed by atoms with Gasteiger partial charge in [0.1, 0.15) is 0 Å². The Morgan fingerprint density at radius 2 is 1.11 bits per heavy atom. The number of hydrogen-bond acceptors (Lipinski definition) is 1. The molecule has 3 aromatic carbocycles. The number of rotatable bonds is 4. The number of hydrogen-bond donors (Lipinski definition) is 1. The van der Waals surface area contributed by atoms with Crippen molar-refractivity contribution in [1.82, 2.24) is 0 Å². The molecule has 0 atom stereocenters. The second-order valence-electron chi connectivity index (χ2n) is 9.43. The van der Waals surface area contributed by atoms with Crippen molar-refractivity contribution in [2.24, 2.45) is 0 Å². The van der Waals surface area contributed by atoms with Gasteiger partial charge >= 0.3 is 7.25 Å². The van der Waals surface area contributed by atoms with Crippen LogP contribution in [0, 0.1) is 0 Å². The highest BCUT2D eigenvalue weighted by Crippen LogP contribution is 2.44. The smallest absolute Gasteiger partial charge is 0.418 e. The molecule has 0 amide bonds. The summed E-state index contributed by atoms with van der Waals surface area (Å²) in [5.41, 5.74) is 14.0. The Morgan fingerprint density at radius 3 is 1.59 bits per heavy atom. The van der Waals surface area contributed by atoms with Crippen LogP contribution in [-0.2, 0) is 32.2 Å². The van der Waals surface area contributed by atoms with E-state index in [0.717, 1.165) is 38.6 Å². The van der Waals surface area contributed by atoms with Gasteiger partial charge in [-0.15, -0.1) is 0 Å². The molecular weight excluding hydrogens is 477 g/mol. The first kappa shape index (κ1) is 25.2. The van der Waals surface area contributed by atoms with Crippen LogP contribution in [0.15, 0.2) is 78.9 Å². The Kier molecular flexibility index (Phi) is 7.16. The van der Waals surface area contributed by atoms with Crippen molar-refractivity contribution in [2.45, 2.75) is 38.6 Å². The average Bonchev–Trinajstić information content (AvgIpc) is 2.90. The molecule has 0 radical (unpaired) electrons. The third-order valence-corrected chi connectivity index (χ3v) is 7.15. The summed E-state index contributed by atoms with van der Waals surface area (Å²) in [6.07, 6.45) is 5.05. The minimum Gasteiger partial charge on any atom is -0.418 e. The van der Waals surface area contributed by atoms with E-state index in [1.54, 1.807) is 0 Å². The molecule has 7 heteroatoms. The Morgan fingerprint density at radius 1 is 0.649 bits per heavy atom. The van der Waals surface area contributed by atoms with Gasteiger partial charge in [-0.3, -0.25) is 0 Å². The van der Waals surface area contributed by atoms with E-state index in [1.807, 2.05) is 0 Å². The zero-order valence-electron chi connectivity index (χ0n) is 20.4. The molecule has 1 N–H and O–H groups in total. The van der Waals surface area contributed by atoms with Gasteiger partial charge < -0.3 is 22.4 Å². The SMILES string of the molecule is F[B-](F)(F)F.OCCC[n+]1c2c(c(-c3ccccc3)c3c1-c1ccccc1CC3)CCc1ccccc1-2. The van der Waals surface area contributed by atoms with Crippen molar-refractivity contribution in [1.29, 1.82) is 0 Å². The Labute approximate surface area is 214 Å². The van der Waals surface area contributed by atoms with Gasteiger partial charge in [0.05, 0.1) is 0 Å². The zero-order chi connectivity index (χ0) is 26.0. The number of benzene rings is 3. The van der Waals surface area contributed by atoms with E-state index in [0.29, 0.717) is 0 Å². The highest BCUT2D eigenvalue weighted by Gasteiger charge is 2.37. The van der Waals surface area contributed by atoms with Crippen LogP contribution in [-0.4, -0.2) is 19.0 Å². The Bertz CT molecular complexity index is 1340. The van der Waals surface area contributed by atoms with Crippen LogP contribution in [0.2, 0.25) is 0 Å². The third-order valence-electron chi connectivity index (χ3n) is 7.15. The van der Waals surface area contributed by atoms with E-state index in [-0.39, 0.29) is 6.61 Å². The molecule has 37 heavy (non-hydrogen) atoms. The predicted molar refractivity (Wildman–Crippen MR) is 140 cm³/mol. The Hall–Kier alpha value is -3.45. The van der Waals surface area contributed by atoms with Crippen LogP contribution in [0.3, 0.4) is 0 Å². The largest absolute Gasteiger partial charge is 0.673 e. The van der Waals surface area contributed by atoms with E-state index >= 15 is 0 Å². The molecule has 0 fully saturated rings. The topological polar surface area (TPSA) is 24.1 Å². The fourth-order valence-electron chi connectivity index (χ4n) is 5.82. The molecule has 1 aromatic heterocycles. The molecule has 190 valence electrons. The second-order valence-corrected chi connectivity index (χ2v) is 9.43. The van der Waals surface area contributed by atoms with Crippen molar-refractivity contribution < 1.29 is 26.9 Å². The molecule has 1 heterocycles. The molecule has 0 unspecified atom stereocenters. The minimum absolute atomic E-state index is 0.209. The van der Waals surface area contributed by atoms with E-state index in [2.05, 4.69) is 83.4 Å². The van der Waals surface area contributed by atoms with Crippen LogP contribution in [0.1, 0.15) is 28.7 Å². The molecule has 0 spiro atoms. The van der Waals surface area contributed by atoms with E-state index < -0.39 is 7.25 Å². The summed E-state index contributed by atoms with van der Waals surface area (Å²) in [5.74, 6) is 0. The van der Waals surface area contributed by atoms with Crippen molar-refractivity contribution >= 4 is 7.25 Å². The fraction of sp³-hybridized carbons (Fsp3) is 0.233. The van der Waals surface area contributed by atoms with Crippen molar-refractivity contribution in [3.8, 4) is 33.6 Å². The first-order valence-corrected chi connectivity index (χ1v) is 12.7. The molecule has 2 aliphatic carbocycles. The molecule has 6 rings (SSSR count). The molecule has 0 aliphatic heterocycles. The molecular formula is C30H28BF4NO. The second kappa shape index (κ2) is 10.5. The number of aryl methyl sites for hydroxylation is 2. The van der Waals surface area contributed by atoms with Gasteiger partial charge in [-0.25, -0.2) is 0 Å². The van der Waals surface area contributed by atoms with Gasteiger partial charge in [0.25, 0.3) is 0 Å². The van der Waals surface area contributed by atoms with Crippen LogP contribution in [0.4, 0.5) is 17.3 Å².